The number of aromatic nitrogens is 8. The van der Waals surface area contributed by atoms with Crippen molar-refractivity contribution in [1.29, 1.82) is 0 Å². The second-order valence-corrected chi connectivity index (χ2v) is 3.91. The van der Waals surface area contributed by atoms with Crippen molar-refractivity contribution in [2.24, 2.45) is 0 Å². The molecule has 0 atom stereocenters. The van der Waals surface area contributed by atoms with Crippen LogP contribution in [0.1, 0.15) is 32.1 Å². The van der Waals surface area contributed by atoms with E-state index in [1.165, 1.54) is 19.3 Å². The van der Waals surface area contributed by atoms with E-state index < -0.39 is 0 Å². The van der Waals surface area contributed by atoms with Crippen molar-refractivity contribution in [3.05, 3.63) is 12.7 Å². The van der Waals surface area contributed by atoms with Gasteiger partial charge >= 0.3 is 0 Å². The smallest absolute Gasteiger partial charge is 0.138 e. The molecule has 0 aliphatic carbocycles. The van der Waals surface area contributed by atoms with Gasteiger partial charge in [-0.3, -0.25) is 0 Å². The van der Waals surface area contributed by atoms with Crippen LogP contribution in [0, 0.1) is 0 Å². The molecule has 0 fully saturated rings. The molecule has 92 valence electrons. The molecule has 0 spiro atoms. The van der Waals surface area contributed by atoms with Gasteiger partial charge in [-0.1, -0.05) is 19.3 Å². The standard InChI is InChI=1S/C9H16N8/c1(2-4-6-16-8-10-12-14-16)3-5-7-17-9-11-13-15-17/h8-9H,1-7H2. The number of hydrogen-bond acceptors (Lipinski definition) is 6. The maximum atomic E-state index is 3.81. The maximum absolute atomic E-state index is 3.81. The number of unbranched alkanes of at least 4 members (excludes halogenated alkanes) is 4. The Morgan fingerprint density at radius 2 is 1.12 bits per heavy atom. The average Bonchev–Trinajstić information content (AvgIpc) is 3.00. The highest BCUT2D eigenvalue weighted by molar-refractivity contribution is 4.51. The van der Waals surface area contributed by atoms with E-state index in [2.05, 4.69) is 31.1 Å². The molecule has 17 heavy (non-hydrogen) atoms. The number of hydrogen-bond donors (Lipinski definition) is 0. The Kier molecular flexibility index (Phi) is 4.56. The zero-order valence-corrected chi connectivity index (χ0v) is 9.68. The number of nitrogens with zero attached hydrogens (tertiary/aromatic N) is 8. The molecule has 2 rings (SSSR count). The summed E-state index contributed by atoms with van der Waals surface area (Å²) >= 11 is 0. The highest BCUT2D eigenvalue weighted by atomic mass is 15.5. The molecule has 0 aromatic carbocycles. The van der Waals surface area contributed by atoms with Crippen LogP contribution in [-0.4, -0.2) is 40.4 Å². The summed E-state index contributed by atoms with van der Waals surface area (Å²) in [6.45, 7) is 1.81. The van der Waals surface area contributed by atoms with E-state index in [0.717, 1.165) is 25.9 Å². The van der Waals surface area contributed by atoms with Crippen LogP contribution in [0.4, 0.5) is 0 Å². The molecule has 0 aliphatic heterocycles. The van der Waals surface area contributed by atoms with Gasteiger partial charge in [0.05, 0.1) is 0 Å². The van der Waals surface area contributed by atoms with Gasteiger partial charge in [-0.15, -0.1) is 10.2 Å². The molecule has 8 heteroatoms. The average molecular weight is 236 g/mol. The van der Waals surface area contributed by atoms with Crippen LogP contribution in [0.2, 0.25) is 0 Å². The van der Waals surface area contributed by atoms with Gasteiger partial charge in [-0.25, -0.2) is 9.36 Å². The molecular weight excluding hydrogens is 220 g/mol. The monoisotopic (exact) mass is 236 g/mol. The molecule has 2 aromatic heterocycles. The quantitative estimate of drug-likeness (QED) is 0.613. The summed E-state index contributed by atoms with van der Waals surface area (Å²) in [6.07, 6.45) is 9.18. The minimum absolute atomic E-state index is 0.903. The molecule has 0 saturated heterocycles. The van der Waals surface area contributed by atoms with Gasteiger partial charge in [0.1, 0.15) is 12.7 Å². The number of rotatable bonds is 8. The van der Waals surface area contributed by atoms with Gasteiger partial charge in [0.2, 0.25) is 0 Å². The van der Waals surface area contributed by atoms with E-state index in [-0.39, 0.29) is 0 Å². The fraction of sp³-hybridized carbons (Fsp3) is 0.778. The molecule has 0 aliphatic rings. The van der Waals surface area contributed by atoms with Crippen LogP contribution < -0.4 is 0 Å². The zero-order valence-electron chi connectivity index (χ0n) is 9.68. The molecule has 8 nitrogen and oxygen atoms in total. The Hall–Kier alpha value is -1.86. The summed E-state index contributed by atoms with van der Waals surface area (Å²) in [7, 11) is 0. The zero-order chi connectivity index (χ0) is 11.8. The fourth-order valence-electron chi connectivity index (χ4n) is 1.64. The first kappa shape index (κ1) is 11.6. The third kappa shape index (κ3) is 4.25. The lowest BCUT2D eigenvalue weighted by Gasteiger charge is -2.01. The fourth-order valence-corrected chi connectivity index (χ4v) is 1.64. The first-order valence-electron chi connectivity index (χ1n) is 5.87. The molecule has 0 radical (unpaired) electrons. The van der Waals surface area contributed by atoms with E-state index in [1.54, 1.807) is 22.0 Å². The van der Waals surface area contributed by atoms with Crippen molar-refractivity contribution < 1.29 is 0 Å². The molecule has 0 bridgehead atoms. The van der Waals surface area contributed by atoms with Gasteiger partial charge in [-0.05, 0) is 33.7 Å². The lowest BCUT2D eigenvalue weighted by molar-refractivity contribution is 0.492. The van der Waals surface area contributed by atoms with Gasteiger partial charge < -0.3 is 0 Å². The Labute approximate surface area is 99.0 Å². The summed E-state index contributed by atoms with van der Waals surface area (Å²) in [5, 5.41) is 22.0. The third-order valence-electron chi connectivity index (χ3n) is 2.56. The molecule has 2 aromatic rings. The summed E-state index contributed by atoms with van der Waals surface area (Å²) in [5.41, 5.74) is 0. The van der Waals surface area contributed by atoms with Crippen molar-refractivity contribution in [2.75, 3.05) is 0 Å². The first-order chi connectivity index (χ1) is 8.45. The first-order valence-corrected chi connectivity index (χ1v) is 5.87. The van der Waals surface area contributed by atoms with Gasteiger partial charge in [0.15, 0.2) is 0 Å². The minimum Gasteiger partial charge on any atom is -0.233 e. The van der Waals surface area contributed by atoms with Gasteiger partial charge in [-0.2, -0.15) is 0 Å². The summed E-state index contributed by atoms with van der Waals surface area (Å²) in [4.78, 5) is 0. The predicted molar refractivity (Wildman–Crippen MR) is 58.7 cm³/mol. The van der Waals surface area contributed by atoms with E-state index in [1.807, 2.05) is 0 Å². The van der Waals surface area contributed by atoms with Crippen LogP contribution in [0.5, 0.6) is 0 Å². The highest BCUT2D eigenvalue weighted by Gasteiger charge is 1.95. The van der Waals surface area contributed by atoms with Crippen LogP contribution in [0.3, 0.4) is 0 Å². The Bertz CT molecular complexity index is 343. The Morgan fingerprint density at radius 1 is 0.647 bits per heavy atom. The van der Waals surface area contributed by atoms with E-state index in [0.29, 0.717) is 0 Å². The summed E-state index contributed by atoms with van der Waals surface area (Å²) in [5.74, 6) is 0. The number of aryl methyl sites for hydroxylation is 2. The topological polar surface area (TPSA) is 87.2 Å². The Balaban J connectivity index is 1.44. The second kappa shape index (κ2) is 6.66. The summed E-state index contributed by atoms with van der Waals surface area (Å²) in [6, 6.07) is 0. The van der Waals surface area contributed by atoms with E-state index in [4.69, 9.17) is 0 Å². The SMILES string of the molecule is c1nnnn1CCCCCCCn1cnnn1. The van der Waals surface area contributed by atoms with Crippen molar-refractivity contribution in [3.63, 3.8) is 0 Å². The molecule has 0 unspecified atom stereocenters. The van der Waals surface area contributed by atoms with Crippen LogP contribution >= 0.6 is 0 Å². The van der Waals surface area contributed by atoms with E-state index >= 15 is 0 Å². The van der Waals surface area contributed by atoms with Crippen molar-refractivity contribution in [1.82, 2.24) is 40.4 Å². The second-order valence-electron chi connectivity index (χ2n) is 3.91. The van der Waals surface area contributed by atoms with Crippen molar-refractivity contribution in [2.45, 2.75) is 45.2 Å². The van der Waals surface area contributed by atoms with Gasteiger partial charge in [0.25, 0.3) is 0 Å². The van der Waals surface area contributed by atoms with Crippen LogP contribution in [0.25, 0.3) is 0 Å². The minimum atomic E-state index is 0.903. The molecule has 0 N–H and O–H groups in total. The highest BCUT2D eigenvalue weighted by Crippen LogP contribution is 2.04. The van der Waals surface area contributed by atoms with Crippen LogP contribution in [-0.2, 0) is 13.1 Å². The van der Waals surface area contributed by atoms with Crippen LogP contribution in [0.15, 0.2) is 12.7 Å². The van der Waals surface area contributed by atoms with Crippen molar-refractivity contribution >= 4 is 0 Å². The predicted octanol–water partition coefficient (Wildman–Crippen LogP) is 0.310. The molecule has 2 heterocycles. The van der Waals surface area contributed by atoms with Gasteiger partial charge in [0, 0.05) is 13.1 Å². The molecular formula is C9H16N8. The Morgan fingerprint density at radius 3 is 1.53 bits per heavy atom. The lowest BCUT2D eigenvalue weighted by Crippen LogP contribution is -2.00. The maximum Gasteiger partial charge on any atom is 0.138 e. The largest absolute Gasteiger partial charge is 0.233 e. The normalized spacial score (nSPS) is 10.8. The third-order valence-corrected chi connectivity index (χ3v) is 2.56. The molecule has 0 saturated carbocycles. The molecule has 0 amide bonds. The lowest BCUT2D eigenvalue weighted by atomic mass is 10.1. The van der Waals surface area contributed by atoms with E-state index in [9.17, 15) is 0 Å². The number of tetrazole rings is 2. The van der Waals surface area contributed by atoms with Crippen molar-refractivity contribution in [3.8, 4) is 0 Å². The summed E-state index contributed by atoms with van der Waals surface area (Å²) < 4.78 is 3.53.